The van der Waals surface area contributed by atoms with Crippen molar-refractivity contribution in [3.05, 3.63) is 22.6 Å². The summed E-state index contributed by atoms with van der Waals surface area (Å²) in [5, 5.41) is 9.25. The Morgan fingerprint density at radius 3 is 2.61 bits per heavy atom. The number of rotatable bonds is 1. The number of esters is 1. The summed E-state index contributed by atoms with van der Waals surface area (Å²) in [6.07, 6.45) is 0. The first kappa shape index (κ1) is 12.0. The van der Waals surface area contributed by atoms with Crippen molar-refractivity contribution in [1.82, 2.24) is 14.5 Å². The van der Waals surface area contributed by atoms with E-state index >= 15 is 0 Å². The van der Waals surface area contributed by atoms with E-state index in [4.69, 9.17) is 0 Å². The summed E-state index contributed by atoms with van der Waals surface area (Å²) in [4.78, 5) is 20.3. The quantitative estimate of drug-likeness (QED) is 0.705. The summed E-state index contributed by atoms with van der Waals surface area (Å²) in [6.45, 7) is 3.49. The van der Waals surface area contributed by atoms with Gasteiger partial charge >= 0.3 is 5.97 Å². The number of carbonyl (C=O) groups is 1. The summed E-state index contributed by atoms with van der Waals surface area (Å²) < 4.78 is 6.46. The molecule has 0 fully saturated rings. The van der Waals surface area contributed by atoms with Crippen LogP contribution in [0.1, 0.15) is 27.4 Å². The number of fused-ring (bicyclic) bond motifs is 1. The number of imidazole rings is 1. The molecule has 0 spiro atoms. The second kappa shape index (κ2) is 4.11. The molecule has 0 atom stereocenters. The van der Waals surface area contributed by atoms with Gasteiger partial charge in [-0.15, -0.1) is 0 Å². The Bertz CT molecular complexity index is 694. The van der Waals surface area contributed by atoms with Crippen molar-refractivity contribution in [2.75, 3.05) is 7.11 Å². The number of nitriles is 1. The fourth-order valence-electron chi connectivity index (χ4n) is 1.87. The van der Waals surface area contributed by atoms with Crippen LogP contribution in [0.5, 0.6) is 0 Å². The normalized spacial score (nSPS) is 10.4. The van der Waals surface area contributed by atoms with E-state index in [0.717, 1.165) is 5.82 Å². The smallest absolute Gasteiger partial charge is 0.341 e. The first-order chi connectivity index (χ1) is 8.51. The maximum Gasteiger partial charge on any atom is 0.341 e. The molecule has 2 aromatic rings. The Kier molecular flexibility index (Phi) is 2.75. The monoisotopic (exact) mass is 244 g/mol. The molecule has 2 heterocycles. The molecule has 0 aliphatic rings. The molecular formula is C12H12N4O2. The van der Waals surface area contributed by atoms with Gasteiger partial charge in [0, 0.05) is 7.05 Å². The van der Waals surface area contributed by atoms with E-state index in [-0.39, 0.29) is 11.1 Å². The molecule has 0 aromatic carbocycles. The molecule has 18 heavy (non-hydrogen) atoms. The van der Waals surface area contributed by atoms with Crippen LogP contribution < -0.4 is 0 Å². The summed E-state index contributed by atoms with van der Waals surface area (Å²) in [5.74, 6) is 0.164. The van der Waals surface area contributed by atoms with Crippen molar-refractivity contribution < 1.29 is 9.53 Å². The van der Waals surface area contributed by atoms with E-state index in [1.54, 1.807) is 11.5 Å². The van der Waals surface area contributed by atoms with Gasteiger partial charge in [-0.3, -0.25) is 0 Å². The molecule has 0 bridgehead atoms. The Hall–Kier alpha value is -2.42. The Morgan fingerprint density at radius 2 is 2.06 bits per heavy atom. The molecule has 0 saturated carbocycles. The molecule has 0 saturated heterocycles. The van der Waals surface area contributed by atoms with E-state index < -0.39 is 5.97 Å². The molecule has 92 valence electrons. The average Bonchev–Trinajstić information content (AvgIpc) is 2.63. The van der Waals surface area contributed by atoms with Crippen LogP contribution >= 0.6 is 0 Å². The molecule has 2 rings (SSSR count). The van der Waals surface area contributed by atoms with Crippen LogP contribution in [0.15, 0.2) is 0 Å². The highest BCUT2D eigenvalue weighted by Crippen LogP contribution is 2.23. The minimum atomic E-state index is -0.568. The number of aromatic nitrogens is 3. The van der Waals surface area contributed by atoms with Crippen molar-refractivity contribution in [1.29, 1.82) is 5.26 Å². The van der Waals surface area contributed by atoms with Crippen LogP contribution in [0.2, 0.25) is 0 Å². The standard InChI is InChI=1S/C12H12N4O2/c1-6-9(12(17)18-4)8(5-13)10-11(14-6)16(3)7(2)15-10/h1-4H3. The van der Waals surface area contributed by atoms with Crippen molar-refractivity contribution in [3.8, 4) is 6.07 Å². The highest BCUT2D eigenvalue weighted by molar-refractivity contribution is 5.98. The Labute approximate surface area is 104 Å². The lowest BCUT2D eigenvalue weighted by molar-refractivity contribution is 0.0599. The first-order valence-electron chi connectivity index (χ1n) is 5.33. The minimum absolute atomic E-state index is 0.186. The Balaban J connectivity index is 2.94. The first-order valence-corrected chi connectivity index (χ1v) is 5.33. The number of nitrogens with zero attached hydrogens (tertiary/aromatic N) is 4. The number of carbonyl (C=O) groups excluding carboxylic acids is 1. The van der Waals surface area contributed by atoms with Gasteiger partial charge in [-0.05, 0) is 13.8 Å². The van der Waals surface area contributed by atoms with Gasteiger partial charge in [0.05, 0.1) is 18.4 Å². The zero-order valence-electron chi connectivity index (χ0n) is 10.6. The van der Waals surface area contributed by atoms with Crippen LogP contribution in [0, 0.1) is 25.2 Å². The Morgan fingerprint density at radius 1 is 1.39 bits per heavy atom. The van der Waals surface area contributed by atoms with E-state index in [1.807, 2.05) is 20.0 Å². The SMILES string of the molecule is COC(=O)c1c(C)nc2c(nc(C)n2C)c1C#N. The summed E-state index contributed by atoms with van der Waals surface area (Å²) in [5.41, 5.74) is 1.89. The second-order valence-corrected chi connectivity index (χ2v) is 3.94. The van der Waals surface area contributed by atoms with Gasteiger partial charge in [0.1, 0.15) is 23.0 Å². The fourth-order valence-corrected chi connectivity index (χ4v) is 1.87. The van der Waals surface area contributed by atoms with Gasteiger partial charge in [-0.25, -0.2) is 14.8 Å². The maximum absolute atomic E-state index is 11.7. The minimum Gasteiger partial charge on any atom is -0.465 e. The van der Waals surface area contributed by atoms with Gasteiger partial charge in [0.25, 0.3) is 0 Å². The molecule has 0 amide bonds. The van der Waals surface area contributed by atoms with Crippen LogP contribution in [0.3, 0.4) is 0 Å². The maximum atomic E-state index is 11.7. The van der Waals surface area contributed by atoms with Crippen LogP contribution in [-0.4, -0.2) is 27.6 Å². The average molecular weight is 244 g/mol. The fraction of sp³-hybridized carbons (Fsp3) is 0.333. The van der Waals surface area contributed by atoms with Crippen LogP contribution in [0.25, 0.3) is 11.2 Å². The molecule has 0 radical (unpaired) electrons. The van der Waals surface area contributed by atoms with Gasteiger partial charge < -0.3 is 9.30 Å². The zero-order valence-corrected chi connectivity index (χ0v) is 10.6. The van der Waals surface area contributed by atoms with E-state index in [9.17, 15) is 10.1 Å². The summed E-state index contributed by atoms with van der Waals surface area (Å²) >= 11 is 0. The largest absolute Gasteiger partial charge is 0.465 e. The van der Waals surface area contributed by atoms with Gasteiger partial charge in [0.15, 0.2) is 5.65 Å². The molecular weight excluding hydrogens is 232 g/mol. The number of aryl methyl sites for hydroxylation is 3. The molecule has 2 aromatic heterocycles. The van der Waals surface area contributed by atoms with Crippen molar-refractivity contribution in [3.63, 3.8) is 0 Å². The van der Waals surface area contributed by atoms with Gasteiger partial charge in [-0.2, -0.15) is 5.26 Å². The predicted octanol–water partition coefficient (Wildman–Crippen LogP) is 1.24. The molecule has 6 nitrogen and oxygen atoms in total. The van der Waals surface area contributed by atoms with Crippen molar-refractivity contribution in [2.24, 2.45) is 7.05 Å². The van der Waals surface area contributed by atoms with Gasteiger partial charge in [0.2, 0.25) is 0 Å². The molecule has 0 aliphatic heterocycles. The lowest BCUT2D eigenvalue weighted by atomic mass is 10.1. The lowest BCUT2D eigenvalue weighted by Crippen LogP contribution is -2.09. The predicted molar refractivity (Wildman–Crippen MR) is 64.0 cm³/mol. The van der Waals surface area contributed by atoms with Crippen molar-refractivity contribution in [2.45, 2.75) is 13.8 Å². The van der Waals surface area contributed by atoms with Crippen LogP contribution in [0.4, 0.5) is 0 Å². The van der Waals surface area contributed by atoms with E-state index in [0.29, 0.717) is 16.9 Å². The molecule has 0 N–H and O–H groups in total. The number of ether oxygens (including phenoxy) is 1. The van der Waals surface area contributed by atoms with E-state index in [1.165, 1.54) is 7.11 Å². The van der Waals surface area contributed by atoms with E-state index in [2.05, 4.69) is 14.7 Å². The van der Waals surface area contributed by atoms with Gasteiger partial charge in [-0.1, -0.05) is 0 Å². The molecule has 0 aliphatic carbocycles. The molecule has 0 unspecified atom stereocenters. The second-order valence-electron chi connectivity index (χ2n) is 3.94. The lowest BCUT2D eigenvalue weighted by Gasteiger charge is -2.06. The third-order valence-electron chi connectivity index (χ3n) is 2.91. The third-order valence-corrected chi connectivity index (χ3v) is 2.91. The number of pyridine rings is 1. The number of hydrogen-bond donors (Lipinski definition) is 0. The highest BCUT2D eigenvalue weighted by atomic mass is 16.5. The summed E-state index contributed by atoms with van der Waals surface area (Å²) in [7, 11) is 3.09. The zero-order chi connectivity index (χ0) is 13.4. The highest BCUT2D eigenvalue weighted by Gasteiger charge is 2.22. The summed E-state index contributed by atoms with van der Waals surface area (Å²) in [6, 6.07) is 2.02. The topological polar surface area (TPSA) is 80.8 Å². The van der Waals surface area contributed by atoms with Crippen molar-refractivity contribution >= 4 is 17.1 Å². The third kappa shape index (κ3) is 1.52. The number of methoxy groups -OCH3 is 1. The number of hydrogen-bond acceptors (Lipinski definition) is 5. The van der Waals surface area contributed by atoms with Crippen LogP contribution in [-0.2, 0) is 11.8 Å². The molecule has 6 heteroatoms.